The molecule has 0 aliphatic carbocycles. The van der Waals surface area contributed by atoms with E-state index in [-0.39, 0.29) is 0 Å². The molecule has 0 N–H and O–H groups in total. The third-order valence-electron chi connectivity index (χ3n) is 4.03. The number of nitrogens with zero attached hydrogens (tertiary/aromatic N) is 1. The fraction of sp³-hybridized carbons (Fsp3) is 0.444. The van der Waals surface area contributed by atoms with Gasteiger partial charge in [-0.25, -0.2) is 8.42 Å². The van der Waals surface area contributed by atoms with Gasteiger partial charge in [-0.2, -0.15) is 15.6 Å². The van der Waals surface area contributed by atoms with Crippen LogP contribution in [0.15, 0.2) is 46.0 Å². The highest BCUT2D eigenvalue weighted by Crippen LogP contribution is 2.17. The lowest BCUT2D eigenvalue weighted by Crippen LogP contribution is -2.30. The highest BCUT2D eigenvalue weighted by Gasteiger charge is 2.20. The van der Waals surface area contributed by atoms with Crippen LogP contribution in [0.2, 0.25) is 0 Å². The lowest BCUT2D eigenvalue weighted by atomic mass is 10.1. The molecule has 23 heavy (non-hydrogen) atoms. The van der Waals surface area contributed by atoms with Crippen molar-refractivity contribution in [2.24, 2.45) is 0 Å². The summed E-state index contributed by atoms with van der Waals surface area (Å²) in [5, 5.41) is 4.32. The summed E-state index contributed by atoms with van der Waals surface area (Å²) in [4.78, 5) is 0.392. The van der Waals surface area contributed by atoms with E-state index in [0.29, 0.717) is 18.0 Å². The summed E-state index contributed by atoms with van der Waals surface area (Å²) >= 11 is 1.74. The Bertz CT molecular complexity index is 672. The minimum absolute atomic E-state index is 0.392. The molecule has 1 heterocycles. The van der Waals surface area contributed by atoms with Gasteiger partial charge in [-0.1, -0.05) is 26.0 Å². The zero-order valence-electron chi connectivity index (χ0n) is 13.9. The molecule has 0 bridgehead atoms. The van der Waals surface area contributed by atoms with Crippen molar-refractivity contribution in [3.05, 3.63) is 52.2 Å². The number of hydrogen-bond donors (Lipinski definition) is 0. The van der Waals surface area contributed by atoms with Crippen molar-refractivity contribution in [3.8, 4) is 0 Å². The van der Waals surface area contributed by atoms with Gasteiger partial charge in [-0.3, -0.25) is 0 Å². The van der Waals surface area contributed by atoms with Crippen LogP contribution in [0.1, 0.15) is 37.8 Å². The Hall–Kier alpha value is -1.17. The first-order valence-electron chi connectivity index (χ1n) is 8.18. The summed E-state index contributed by atoms with van der Waals surface area (Å²) in [6.45, 7) is 4.73. The average molecular weight is 352 g/mol. The van der Waals surface area contributed by atoms with Crippen LogP contribution in [-0.4, -0.2) is 25.8 Å². The molecule has 0 radical (unpaired) electrons. The van der Waals surface area contributed by atoms with Gasteiger partial charge in [0.1, 0.15) is 0 Å². The third-order valence-corrected chi connectivity index (χ3v) is 6.82. The molecule has 5 heteroatoms. The summed E-state index contributed by atoms with van der Waals surface area (Å²) < 4.78 is 26.3. The number of sulfonamides is 1. The standard InChI is InChI=1S/C18H25NO2S2/c1-3-19(4-2)23(20,21)18-11-9-16(10-12-18)7-5-6-8-17-13-14-22-15-17/h9-15H,3-8H2,1-2H3. The molecule has 1 aromatic carbocycles. The normalized spacial score (nSPS) is 12.0. The second-order valence-electron chi connectivity index (χ2n) is 5.57. The summed E-state index contributed by atoms with van der Waals surface area (Å²) in [5.74, 6) is 0. The number of unbranched alkanes of at least 4 members (excludes halogenated alkanes) is 1. The molecule has 0 saturated carbocycles. The smallest absolute Gasteiger partial charge is 0.207 e. The SMILES string of the molecule is CCN(CC)S(=O)(=O)c1ccc(CCCCc2ccsc2)cc1. The second-order valence-corrected chi connectivity index (χ2v) is 8.29. The number of hydrogen-bond acceptors (Lipinski definition) is 3. The van der Waals surface area contributed by atoms with E-state index in [9.17, 15) is 8.42 Å². The maximum absolute atomic E-state index is 12.4. The van der Waals surface area contributed by atoms with E-state index in [1.54, 1.807) is 23.5 Å². The van der Waals surface area contributed by atoms with E-state index in [2.05, 4.69) is 16.8 Å². The van der Waals surface area contributed by atoms with Crippen LogP contribution in [0.4, 0.5) is 0 Å². The molecule has 0 amide bonds. The molecule has 2 rings (SSSR count). The fourth-order valence-corrected chi connectivity index (χ4v) is 4.79. The molecule has 1 aromatic heterocycles. The Morgan fingerprint density at radius 3 is 2.04 bits per heavy atom. The lowest BCUT2D eigenvalue weighted by Gasteiger charge is -2.18. The Labute approximate surface area is 144 Å². The van der Waals surface area contributed by atoms with Crippen molar-refractivity contribution < 1.29 is 8.42 Å². The van der Waals surface area contributed by atoms with Crippen molar-refractivity contribution in [1.29, 1.82) is 0 Å². The molecular formula is C18H25NO2S2. The lowest BCUT2D eigenvalue weighted by molar-refractivity contribution is 0.445. The fourth-order valence-electron chi connectivity index (χ4n) is 2.63. The predicted octanol–water partition coefficient (Wildman–Crippen LogP) is 4.34. The zero-order chi connectivity index (χ0) is 16.7. The average Bonchev–Trinajstić information content (AvgIpc) is 3.06. The van der Waals surface area contributed by atoms with Crippen LogP contribution in [0.5, 0.6) is 0 Å². The first-order chi connectivity index (χ1) is 11.1. The van der Waals surface area contributed by atoms with Gasteiger partial charge >= 0.3 is 0 Å². The van der Waals surface area contributed by atoms with Crippen molar-refractivity contribution in [2.45, 2.75) is 44.4 Å². The number of rotatable bonds is 9. The molecule has 126 valence electrons. The van der Waals surface area contributed by atoms with Crippen LogP contribution in [0, 0.1) is 0 Å². The van der Waals surface area contributed by atoms with Gasteiger partial charge in [0.2, 0.25) is 10.0 Å². The largest absolute Gasteiger partial charge is 0.243 e. The van der Waals surface area contributed by atoms with E-state index in [1.165, 1.54) is 15.4 Å². The van der Waals surface area contributed by atoms with Crippen molar-refractivity contribution >= 4 is 21.4 Å². The minimum atomic E-state index is -3.34. The van der Waals surface area contributed by atoms with E-state index in [1.807, 2.05) is 26.0 Å². The molecule has 2 aromatic rings. The molecule has 3 nitrogen and oxygen atoms in total. The molecule has 0 atom stereocenters. The van der Waals surface area contributed by atoms with Gasteiger partial charge in [0.25, 0.3) is 0 Å². The van der Waals surface area contributed by atoms with Gasteiger partial charge in [-0.05, 0) is 65.8 Å². The first kappa shape index (κ1) is 18.2. The Morgan fingerprint density at radius 2 is 1.52 bits per heavy atom. The summed E-state index contributed by atoms with van der Waals surface area (Å²) in [5.41, 5.74) is 2.62. The molecule has 0 saturated heterocycles. The number of aryl methyl sites for hydroxylation is 2. The maximum Gasteiger partial charge on any atom is 0.243 e. The van der Waals surface area contributed by atoms with Crippen molar-refractivity contribution in [1.82, 2.24) is 4.31 Å². The highest BCUT2D eigenvalue weighted by atomic mass is 32.2. The van der Waals surface area contributed by atoms with Gasteiger partial charge in [0, 0.05) is 13.1 Å². The van der Waals surface area contributed by atoms with Crippen LogP contribution in [0.3, 0.4) is 0 Å². The quantitative estimate of drug-likeness (QED) is 0.630. The summed E-state index contributed by atoms with van der Waals surface area (Å²) in [6, 6.07) is 9.54. The zero-order valence-corrected chi connectivity index (χ0v) is 15.5. The van der Waals surface area contributed by atoms with Crippen LogP contribution < -0.4 is 0 Å². The number of thiophene rings is 1. The van der Waals surface area contributed by atoms with Crippen LogP contribution >= 0.6 is 11.3 Å². The molecule has 0 aliphatic heterocycles. The number of benzene rings is 1. The van der Waals surface area contributed by atoms with E-state index < -0.39 is 10.0 Å². The van der Waals surface area contributed by atoms with Gasteiger partial charge in [0.05, 0.1) is 4.90 Å². The van der Waals surface area contributed by atoms with Gasteiger partial charge in [0.15, 0.2) is 0 Å². The third kappa shape index (κ3) is 4.90. The predicted molar refractivity (Wildman–Crippen MR) is 97.5 cm³/mol. The Morgan fingerprint density at radius 1 is 0.913 bits per heavy atom. The van der Waals surface area contributed by atoms with E-state index in [4.69, 9.17) is 0 Å². The van der Waals surface area contributed by atoms with Crippen LogP contribution in [0.25, 0.3) is 0 Å². The molecule has 0 aliphatic rings. The molecule has 0 unspecified atom stereocenters. The molecule has 0 fully saturated rings. The first-order valence-corrected chi connectivity index (χ1v) is 10.6. The van der Waals surface area contributed by atoms with E-state index >= 15 is 0 Å². The van der Waals surface area contributed by atoms with Crippen molar-refractivity contribution in [2.75, 3.05) is 13.1 Å². The topological polar surface area (TPSA) is 37.4 Å². The second kappa shape index (κ2) is 8.62. The summed E-state index contributed by atoms with van der Waals surface area (Å²) in [6.07, 6.45) is 4.40. The van der Waals surface area contributed by atoms with Crippen molar-refractivity contribution in [3.63, 3.8) is 0 Å². The van der Waals surface area contributed by atoms with Crippen LogP contribution in [-0.2, 0) is 22.9 Å². The van der Waals surface area contributed by atoms with E-state index in [0.717, 1.165) is 25.7 Å². The highest BCUT2D eigenvalue weighted by molar-refractivity contribution is 7.89. The molecule has 0 spiro atoms. The maximum atomic E-state index is 12.4. The van der Waals surface area contributed by atoms with Gasteiger partial charge in [-0.15, -0.1) is 0 Å². The molecular weight excluding hydrogens is 326 g/mol. The Kier molecular flexibility index (Phi) is 6.81. The van der Waals surface area contributed by atoms with Gasteiger partial charge < -0.3 is 0 Å². The minimum Gasteiger partial charge on any atom is -0.207 e. The summed E-state index contributed by atoms with van der Waals surface area (Å²) in [7, 11) is -3.34. The monoisotopic (exact) mass is 351 g/mol. The Balaban J connectivity index is 1.89.